The third-order valence-corrected chi connectivity index (χ3v) is 6.19. The van der Waals surface area contributed by atoms with Gasteiger partial charge >= 0.3 is 0 Å². The molecule has 29 heavy (non-hydrogen) atoms. The van der Waals surface area contributed by atoms with Crippen molar-refractivity contribution in [1.29, 1.82) is 0 Å². The summed E-state index contributed by atoms with van der Waals surface area (Å²) < 4.78 is 11.5. The van der Waals surface area contributed by atoms with Crippen LogP contribution in [0.2, 0.25) is 0 Å². The molecule has 4 atom stereocenters. The van der Waals surface area contributed by atoms with Crippen LogP contribution in [0, 0.1) is 25.7 Å². The summed E-state index contributed by atoms with van der Waals surface area (Å²) in [5.74, 6) is 2.06. The number of aliphatic hydroxyl groups is 1. The van der Waals surface area contributed by atoms with Crippen LogP contribution < -0.4 is 9.47 Å². The summed E-state index contributed by atoms with van der Waals surface area (Å²) in [6.07, 6.45) is 0.558. The Bertz CT molecular complexity index is 876. The monoisotopic (exact) mass is 395 g/mol. The predicted octanol–water partition coefficient (Wildman–Crippen LogP) is 3.60. The molecule has 0 bridgehead atoms. The van der Waals surface area contributed by atoms with E-state index in [9.17, 15) is 9.90 Å². The minimum atomic E-state index is -0.544. The molecule has 1 saturated carbocycles. The zero-order valence-corrected chi connectivity index (χ0v) is 17.3. The molecule has 1 N–H and O–H groups in total. The summed E-state index contributed by atoms with van der Waals surface area (Å²) in [6.45, 7) is 5.46. The molecule has 0 radical (unpaired) electrons. The summed E-state index contributed by atoms with van der Waals surface area (Å²) in [7, 11) is 1.61. The molecule has 4 rings (SSSR count). The smallest absolute Gasteiger partial charge is 0.253 e. The summed E-state index contributed by atoms with van der Waals surface area (Å²) in [6, 6.07) is 13.5. The van der Waals surface area contributed by atoms with Crippen molar-refractivity contribution in [2.24, 2.45) is 11.8 Å². The van der Waals surface area contributed by atoms with Crippen molar-refractivity contribution in [1.82, 2.24) is 4.90 Å². The van der Waals surface area contributed by atoms with E-state index >= 15 is 0 Å². The lowest BCUT2D eigenvalue weighted by molar-refractivity contribution is -0.0240. The van der Waals surface area contributed by atoms with E-state index in [0.29, 0.717) is 36.3 Å². The average molecular weight is 395 g/mol. The lowest BCUT2D eigenvalue weighted by Crippen LogP contribution is -2.42. The van der Waals surface area contributed by atoms with Crippen LogP contribution in [0.1, 0.15) is 34.3 Å². The Balaban J connectivity index is 1.45. The maximum absolute atomic E-state index is 13.0. The van der Waals surface area contributed by atoms with Gasteiger partial charge in [-0.05, 0) is 62.8 Å². The maximum atomic E-state index is 13.0. The van der Waals surface area contributed by atoms with Gasteiger partial charge in [-0.1, -0.05) is 29.3 Å². The number of hydrogen-bond donors (Lipinski definition) is 1. The zero-order chi connectivity index (χ0) is 20.5. The first-order chi connectivity index (χ1) is 13.9. The molecule has 154 valence electrons. The highest BCUT2D eigenvalue weighted by atomic mass is 16.5. The molecule has 2 aromatic carbocycles. The number of likely N-dealkylation sites (tertiary alicyclic amines) is 1. The number of methoxy groups -OCH3 is 1. The minimum Gasteiger partial charge on any atom is -0.493 e. The van der Waals surface area contributed by atoms with E-state index in [1.807, 2.05) is 55.1 Å². The van der Waals surface area contributed by atoms with Gasteiger partial charge in [-0.3, -0.25) is 4.79 Å². The van der Waals surface area contributed by atoms with E-state index in [-0.39, 0.29) is 12.0 Å². The first kappa shape index (κ1) is 19.8. The molecule has 1 aliphatic heterocycles. The first-order valence-electron chi connectivity index (χ1n) is 10.3. The molecule has 5 heteroatoms. The van der Waals surface area contributed by atoms with Crippen LogP contribution in [0.5, 0.6) is 11.5 Å². The zero-order valence-electron chi connectivity index (χ0n) is 17.3. The molecule has 0 aromatic heterocycles. The van der Waals surface area contributed by atoms with Crippen molar-refractivity contribution >= 4 is 5.91 Å². The standard InChI is InChI=1S/C24H29NO4/c1-15-8-16(2)10-17(9-15)24(27)25-13-18-11-20(26)23(12-19(18)14-25)29-22-7-5-4-6-21(22)28-3/h4-10,18-20,23,26H,11-14H2,1-3H3/t18-,19+,20+,23+/m0/s1. The summed E-state index contributed by atoms with van der Waals surface area (Å²) >= 11 is 0. The van der Waals surface area contributed by atoms with Gasteiger partial charge in [0.2, 0.25) is 0 Å². The second-order valence-corrected chi connectivity index (χ2v) is 8.45. The number of aliphatic hydroxyl groups excluding tert-OH is 1. The summed E-state index contributed by atoms with van der Waals surface area (Å²) in [5, 5.41) is 10.7. The fourth-order valence-corrected chi connectivity index (χ4v) is 4.84. The van der Waals surface area contributed by atoms with Gasteiger partial charge in [0.1, 0.15) is 6.10 Å². The van der Waals surface area contributed by atoms with Crippen LogP contribution in [0.25, 0.3) is 0 Å². The quantitative estimate of drug-likeness (QED) is 0.859. The van der Waals surface area contributed by atoms with Gasteiger partial charge in [0.15, 0.2) is 11.5 Å². The molecule has 1 amide bonds. The average Bonchev–Trinajstić information content (AvgIpc) is 3.10. The second-order valence-electron chi connectivity index (χ2n) is 8.45. The molecule has 5 nitrogen and oxygen atoms in total. The molecule has 1 saturated heterocycles. The number of nitrogens with zero attached hydrogens (tertiary/aromatic N) is 1. The SMILES string of the molecule is COc1ccccc1O[C@@H]1C[C@@H]2CN(C(=O)c3cc(C)cc(C)c3)C[C@@H]2C[C@H]1O. The van der Waals surface area contributed by atoms with Crippen molar-refractivity contribution in [3.63, 3.8) is 0 Å². The van der Waals surface area contributed by atoms with Gasteiger partial charge in [0.05, 0.1) is 13.2 Å². The van der Waals surface area contributed by atoms with Gasteiger partial charge in [-0.2, -0.15) is 0 Å². The fraction of sp³-hybridized carbons (Fsp3) is 0.458. The molecule has 1 aliphatic carbocycles. The Morgan fingerprint density at radius 2 is 1.62 bits per heavy atom. The topological polar surface area (TPSA) is 59.0 Å². The minimum absolute atomic E-state index is 0.0860. The number of hydrogen-bond acceptors (Lipinski definition) is 4. The van der Waals surface area contributed by atoms with Crippen molar-refractivity contribution in [3.8, 4) is 11.5 Å². The van der Waals surface area contributed by atoms with Gasteiger partial charge in [0.25, 0.3) is 5.91 Å². The second kappa shape index (κ2) is 8.07. The van der Waals surface area contributed by atoms with Crippen molar-refractivity contribution in [2.45, 2.75) is 38.9 Å². The molecule has 0 spiro atoms. The number of carbonyl (C=O) groups is 1. The number of benzene rings is 2. The van der Waals surface area contributed by atoms with Crippen LogP contribution in [0.4, 0.5) is 0 Å². The van der Waals surface area contributed by atoms with Crippen LogP contribution in [-0.4, -0.2) is 48.3 Å². The molecular formula is C24H29NO4. The number of fused-ring (bicyclic) bond motifs is 1. The highest BCUT2D eigenvalue weighted by Gasteiger charge is 2.44. The third-order valence-electron chi connectivity index (χ3n) is 6.19. The molecule has 2 aliphatic rings. The normalized spacial score (nSPS) is 26.1. The number of aryl methyl sites for hydroxylation is 2. The van der Waals surface area contributed by atoms with Crippen molar-refractivity contribution in [2.75, 3.05) is 20.2 Å². The number of amides is 1. The van der Waals surface area contributed by atoms with Crippen molar-refractivity contribution in [3.05, 3.63) is 59.2 Å². The largest absolute Gasteiger partial charge is 0.493 e. The molecule has 1 heterocycles. The van der Waals surface area contributed by atoms with E-state index in [0.717, 1.165) is 29.7 Å². The first-order valence-corrected chi connectivity index (χ1v) is 10.3. The Morgan fingerprint density at radius 1 is 1.00 bits per heavy atom. The highest BCUT2D eigenvalue weighted by molar-refractivity contribution is 5.94. The van der Waals surface area contributed by atoms with Crippen LogP contribution in [-0.2, 0) is 0 Å². The Labute approximate surface area is 172 Å². The predicted molar refractivity (Wildman–Crippen MR) is 111 cm³/mol. The lowest BCUT2D eigenvalue weighted by atomic mass is 9.78. The van der Waals surface area contributed by atoms with E-state index in [4.69, 9.17) is 9.47 Å². The summed E-state index contributed by atoms with van der Waals surface area (Å²) in [5.41, 5.74) is 2.96. The van der Waals surface area contributed by atoms with Gasteiger partial charge in [-0.25, -0.2) is 0 Å². The Hall–Kier alpha value is -2.53. The number of para-hydroxylation sites is 2. The van der Waals surface area contributed by atoms with Gasteiger partial charge in [0, 0.05) is 18.7 Å². The van der Waals surface area contributed by atoms with E-state index in [2.05, 4.69) is 6.07 Å². The number of ether oxygens (including phenoxy) is 2. The van der Waals surface area contributed by atoms with Crippen molar-refractivity contribution < 1.29 is 19.4 Å². The van der Waals surface area contributed by atoms with E-state index < -0.39 is 6.10 Å². The van der Waals surface area contributed by atoms with Gasteiger partial charge in [-0.15, -0.1) is 0 Å². The Kier molecular flexibility index (Phi) is 5.50. The van der Waals surface area contributed by atoms with Gasteiger partial charge < -0.3 is 19.5 Å². The lowest BCUT2D eigenvalue weighted by Gasteiger charge is -2.35. The number of carbonyl (C=O) groups excluding carboxylic acids is 1. The molecular weight excluding hydrogens is 366 g/mol. The van der Waals surface area contributed by atoms with Crippen LogP contribution in [0.3, 0.4) is 0 Å². The molecule has 2 aromatic rings. The summed E-state index contributed by atoms with van der Waals surface area (Å²) in [4.78, 5) is 15.0. The third kappa shape index (κ3) is 4.10. The fourth-order valence-electron chi connectivity index (χ4n) is 4.84. The number of rotatable bonds is 4. The molecule has 0 unspecified atom stereocenters. The maximum Gasteiger partial charge on any atom is 0.253 e. The molecule has 2 fully saturated rings. The van der Waals surface area contributed by atoms with Crippen LogP contribution in [0.15, 0.2) is 42.5 Å². The van der Waals surface area contributed by atoms with E-state index in [1.54, 1.807) is 7.11 Å². The van der Waals surface area contributed by atoms with E-state index in [1.165, 1.54) is 0 Å². The Morgan fingerprint density at radius 3 is 2.28 bits per heavy atom. The highest BCUT2D eigenvalue weighted by Crippen LogP contribution is 2.39. The van der Waals surface area contributed by atoms with Crippen LogP contribution >= 0.6 is 0 Å².